The zero-order chi connectivity index (χ0) is 16.4. The molecule has 5 heteroatoms. The summed E-state index contributed by atoms with van der Waals surface area (Å²) < 4.78 is 12.6. The molecule has 2 aromatic rings. The van der Waals surface area contributed by atoms with Crippen LogP contribution in [-0.4, -0.2) is 43.3 Å². The number of benzene rings is 1. The van der Waals surface area contributed by atoms with E-state index in [0.29, 0.717) is 22.8 Å². The highest BCUT2D eigenvalue weighted by atomic mass is 16.5. The van der Waals surface area contributed by atoms with Gasteiger partial charge in [0.1, 0.15) is 0 Å². The van der Waals surface area contributed by atoms with Gasteiger partial charge in [0.2, 0.25) is 0 Å². The van der Waals surface area contributed by atoms with Crippen molar-refractivity contribution in [1.82, 2.24) is 9.47 Å². The molecule has 2 heterocycles. The van der Waals surface area contributed by atoms with E-state index in [1.54, 1.807) is 20.3 Å². The summed E-state index contributed by atoms with van der Waals surface area (Å²) in [6.45, 7) is 6.26. The highest BCUT2D eigenvalue weighted by molar-refractivity contribution is 5.90. The molecule has 1 fully saturated rings. The van der Waals surface area contributed by atoms with Crippen molar-refractivity contribution in [2.24, 2.45) is 5.92 Å². The maximum atomic E-state index is 12.8. The first-order valence-corrected chi connectivity index (χ1v) is 8.14. The number of hydrogen-bond acceptors (Lipinski definition) is 4. The summed E-state index contributed by atoms with van der Waals surface area (Å²) in [4.78, 5) is 15.2. The molecule has 0 amide bonds. The van der Waals surface area contributed by atoms with Crippen LogP contribution in [-0.2, 0) is 6.54 Å². The van der Waals surface area contributed by atoms with Crippen molar-refractivity contribution in [3.8, 4) is 11.5 Å². The Hall–Kier alpha value is -2.01. The summed E-state index contributed by atoms with van der Waals surface area (Å²) in [5, 5.41) is 1.48. The van der Waals surface area contributed by atoms with Gasteiger partial charge in [-0.05, 0) is 43.6 Å². The lowest BCUT2D eigenvalue weighted by atomic mass is 10.1. The number of fused-ring (bicyclic) bond motifs is 1. The highest BCUT2D eigenvalue weighted by Crippen LogP contribution is 2.33. The van der Waals surface area contributed by atoms with Crippen LogP contribution in [0.5, 0.6) is 11.5 Å². The summed E-state index contributed by atoms with van der Waals surface area (Å²) in [6.07, 6.45) is 3.03. The van der Waals surface area contributed by atoms with Crippen molar-refractivity contribution in [2.75, 3.05) is 33.9 Å². The summed E-state index contributed by atoms with van der Waals surface area (Å²) >= 11 is 0. The lowest BCUT2D eigenvalue weighted by Crippen LogP contribution is -2.26. The van der Waals surface area contributed by atoms with E-state index in [1.165, 1.54) is 0 Å². The van der Waals surface area contributed by atoms with E-state index in [9.17, 15) is 4.79 Å². The largest absolute Gasteiger partial charge is 0.493 e. The van der Waals surface area contributed by atoms with Crippen LogP contribution in [0.2, 0.25) is 0 Å². The van der Waals surface area contributed by atoms with Crippen LogP contribution in [0.25, 0.3) is 10.8 Å². The zero-order valence-corrected chi connectivity index (χ0v) is 14.0. The van der Waals surface area contributed by atoms with Crippen molar-refractivity contribution in [1.29, 1.82) is 0 Å². The van der Waals surface area contributed by atoms with Crippen molar-refractivity contribution >= 4 is 10.8 Å². The summed E-state index contributed by atoms with van der Waals surface area (Å²) in [7, 11) is 3.20. The predicted octanol–water partition coefficient (Wildman–Crippen LogP) is 2.36. The SMILES string of the molecule is CCN1CC[C@H](Cn2ccc3c(OC)c(OC)ccc3c2=O)C1. The molecule has 3 rings (SSSR count). The van der Waals surface area contributed by atoms with Gasteiger partial charge in [-0.2, -0.15) is 0 Å². The third-order valence-corrected chi connectivity index (χ3v) is 4.77. The van der Waals surface area contributed by atoms with Gasteiger partial charge in [0, 0.05) is 24.7 Å². The summed E-state index contributed by atoms with van der Waals surface area (Å²) in [6, 6.07) is 5.56. The van der Waals surface area contributed by atoms with Crippen LogP contribution in [0.15, 0.2) is 29.2 Å². The molecule has 0 aliphatic carbocycles. The summed E-state index contributed by atoms with van der Waals surface area (Å²) in [5.74, 6) is 1.81. The molecular formula is C18H24N2O3. The zero-order valence-electron chi connectivity index (χ0n) is 14.0. The van der Waals surface area contributed by atoms with Crippen molar-refractivity contribution < 1.29 is 9.47 Å². The van der Waals surface area contributed by atoms with E-state index in [4.69, 9.17) is 9.47 Å². The Balaban J connectivity index is 1.95. The second-order valence-electron chi connectivity index (χ2n) is 6.08. The van der Waals surface area contributed by atoms with Crippen LogP contribution < -0.4 is 15.0 Å². The van der Waals surface area contributed by atoms with E-state index in [2.05, 4.69) is 11.8 Å². The van der Waals surface area contributed by atoms with Crippen LogP contribution in [0.3, 0.4) is 0 Å². The molecule has 0 radical (unpaired) electrons. The second kappa shape index (κ2) is 6.62. The van der Waals surface area contributed by atoms with E-state index >= 15 is 0 Å². The van der Waals surface area contributed by atoms with Gasteiger partial charge in [-0.1, -0.05) is 6.92 Å². The molecule has 0 unspecified atom stereocenters. The Labute approximate surface area is 136 Å². The smallest absolute Gasteiger partial charge is 0.258 e. The lowest BCUT2D eigenvalue weighted by molar-refractivity contribution is 0.332. The number of rotatable bonds is 5. The number of pyridine rings is 1. The van der Waals surface area contributed by atoms with Gasteiger partial charge in [0.05, 0.1) is 19.6 Å². The molecule has 0 spiro atoms. The monoisotopic (exact) mass is 316 g/mol. The van der Waals surface area contributed by atoms with Gasteiger partial charge in [0.15, 0.2) is 11.5 Å². The molecule has 1 saturated heterocycles. The Morgan fingerprint density at radius 2 is 2.00 bits per heavy atom. The Bertz CT molecular complexity index is 754. The topological polar surface area (TPSA) is 43.7 Å². The molecule has 1 aromatic carbocycles. The Kier molecular flexibility index (Phi) is 4.57. The van der Waals surface area contributed by atoms with E-state index in [-0.39, 0.29) is 5.56 Å². The Morgan fingerprint density at radius 3 is 2.65 bits per heavy atom. The number of methoxy groups -OCH3 is 2. The average Bonchev–Trinajstić information content (AvgIpc) is 3.04. The molecule has 5 nitrogen and oxygen atoms in total. The quantitative estimate of drug-likeness (QED) is 0.849. The number of likely N-dealkylation sites (tertiary alicyclic amines) is 1. The minimum Gasteiger partial charge on any atom is -0.493 e. The van der Waals surface area contributed by atoms with Gasteiger partial charge in [-0.3, -0.25) is 4.79 Å². The molecule has 23 heavy (non-hydrogen) atoms. The summed E-state index contributed by atoms with van der Waals surface area (Å²) in [5.41, 5.74) is 0.0402. The van der Waals surface area contributed by atoms with Crippen LogP contribution in [0.1, 0.15) is 13.3 Å². The third kappa shape index (κ3) is 2.93. The normalized spacial score (nSPS) is 18.5. The van der Waals surface area contributed by atoms with Crippen LogP contribution in [0.4, 0.5) is 0 Å². The minimum atomic E-state index is 0.0402. The van der Waals surface area contributed by atoms with Crippen LogP contribution >= 0.6 is 0 Å². The maximum absolute atomic E-state index is 12.8. The molecule has 0 saturated carbocycles. The first-order chi connectivity index (χ1) is 11.2. The van der Waals surface area contributed by atoms with Crippen molar-refractivity contribution in [3.63, 3.8) is 0 Å². The molecule has 124 valence electrons. The van der Waals surface area contributed by atoms with Crippen molar-refractivity contribution in [2.45, 2.75) is 19.9 Å². The predicted molar refractivity (Wildman–Crippen MR) is 91.5 cm³/mol. The molecule has 1 aliphatic heterocycles. The fourth-order valence-corrected chi connectivity index (χ4v) is 3.46. The van der Waals surface area contributed by atoms with E-state index in [1.807, 2.05) is 22.9 Å². The van der Waals surface area contributed by atoms with Gasteiger partial charge in [-0.15, -0.1) is 0 Å². The molecular weight excluding hydrogens is 292 g/mol. The van der Waals surface area contributed by atoms with Gasteiger partial charge in [-0.25, -0.2) is 0 Å². The van der Waals surface area contributed by atoms with E-state index in [0.717, 1.165) is 38.0 Å². The molecule has 1 aliphatic rings. The number of aromatic nitrogens is 1. The maximum Gasteiger partial charge on any atom is 0.258 e. The minimum absolute atomic E-state index is 0.0402. The lowest BCUT2D eigenvalue weighted by Gasteiger charge is -2.16. The van der Waals surface area contributed by atoms with Crippen LogP contribution in [0, 0.1) is 5.92 Å². The van der Waals surface area contributed by atoms with Gasteiger partial charge >= 0.3 is 0 Å². The fraction of sp³-hybridized carbons (Fsp3) is 0.500. The van der Waals surface area contributed by atoms with E-state index < -0.39 is 0 Å². The molecule has 1 aromatic heterocycles. The molecule has 0 bridgehead atoms. The van der Waals surface area contributed by atoms with Gasteiger partial charge in [0.25, 0.3) is 5.56 Å². The fourth-order valence-electron chi connectivity index (χ4n) is 3.46. The van der Waals surface area contributed by atoms with Gasteiger partial charge < -0.3 is 18.9 Å². The standard InChI is InChI=1S/C18H24N2O3/c1-4-19-9-7-13(11-19)12-20-10-8-14-15(18(20)21)5-6-16(22-2)17(14)23-3/h5-6,8,10,13H,4,7,9,11-12H2,1-3H3/t13-/m0/s1. The first kappa shape index (κ1) is 15.9. The molecule has 0 N–H and O–H groups in total. The van der Waals surface area contributed by atoms with Crippen molar-refractivity contribution in [3.05, 3.63) is 34.7 Å². The highest BCUT2D eigenvalue weighted by Gasteiger charge is 2.22. The number of nitrogens with zero attached hydrogens (tertiary/aromatic N) is 2. The number of ether oxygens (including phenoxy) is 2. The number of hydrogen-bond donors (Lipinski definition) is 0. The first-order valence-electron chi connectivity index (χ1n) is 8.14. The Morgan fingerprint density at radius 1 is 1.17 bits per heavy atom. The molecule has 1 atom stereocenters. The average molecular weight is 316 g/mol. The third-order valence-electron chi connectivity index (χ3n) is 4.77. The second-order valence-corrected chi connectivity index (χ2v) is 6.08.